The smallest absolute Gasteiger partial charge is 0.434 e. The third-order valence-electron chi connectivity index (χ3n) is 0.482. The molecule has 0 atom stereocenters. The number of rotatable bonds is 0. The highest BCUT2D eigenvalue weighted by Crippen LogP contribution is 2.05. The number of amides is 1. The van der Waals surface area contributed by atoms with Crippen molar-refractivity contribution in [3.63, 3.8) is 0 Å². The molecule has 0 aromatic heterocycles. The molecule has 0 aromatic rings. The predicted molar refractivity (Wildman–Crippen MR) is 59.5 cm³/mol. The number of hydrogen-bond donors (Lipinski definition) is 5. The minimum Gasteiger partial charge on any atom is -0.481 e. The molecule has 7 N–H and O–H groups in total. The summed E-state index contributed by atoms with van der Waals surface area (Å²) in [5, 5.41) is 23.1. The van der Waals surface area contributed by atoms with Crippen LogP contribution in [0.25, 0.3) is 0 Å². The molecule has 0 rings (SSSR count). The molecule has 101 valence electrons. The second-order valence-corrected chi connectivity index (χ2v) is 3.58. The van der Waals surface area contributed by atoms with Gasteiger partial charge in [0.2, 0.25) is 0 Å². The summed E-state index contributed by atoms with van der Waals surface area (Å²) >= 11 is 0. The highest BCUT2D eigenvalue weighted by Gasteiger charge is 2.15. The number of aliphatic carboxylic acids is 1. The van der Waals surface area contributed by atoms with Crippen molar-refractivity contribution < 1.29 is 24.6 Å². The van der Waals surface area contributed by atoms with E-state index in [-0.39, 0.29) is 5.96 Å². The molecule has 9 heteroatoms. The van der Waals surface area contributed by atoms with E-state index < -0.39 is 17.7 Å². The molecule has 9 nitrogen and oxygen atoms in total. The standard InChI is InChI=1S/C5H10NO3.C2H4O2.CH5N3/c1-5(2,3)9-4(7)6-8;1-2(3)4;2-1(3)4/h1-3H3,(H,6,7);1H3,(H,3,4);(H5,2,3,4). The van der Waals surface area contributed by atoms with Crippen LogP contribution in [0.1, 0.15) is 27.7 Å². The van der Waals surface area contributed by atoms with E-state index in [4.69, 9.17) is 15.3 Å². The number of ether oxygens (including phenoxy) is 1. The average Bonchev–Trinajstić information content (AvgIpc) is 1.98. The number of carbonyl (C=O) groups is 2. The van der Waals surface area contributed by atoms with Gasteiger partial charge in [-0.05, 0) is 20.8 Å². The summed E-state index contributed by atoms with van der Waals surface area (Å²) < 4.78 is 4.52. The third-order valence-corrected chi connectivity index (χ3v) is 0.482. The van der Waals surface area contributed by atoms with Gasteiger partial charge in [-0.1, -0.05) is 5.21 Å². The van der Waals surface area contributed by atoms with Crippen LogP contribution in [0.15, 0.2) is 0 Å². The molecule has 0 aliphatic carbocycles. The number of nitrogens with one attached hydrogen (secondary N) is 2. The molecule has 0 saturated carbocycles. The Labute approximate surface area is 99.2 Å². The quantitative estimate of drug-likeness (QED) is 0.226. The number of carboxylic acids is 1. The first-order valence-electron chi connectivity index (χ1n) is 4.32. The van der Waals surface area contributed by atoms with E-state index in [1.165, 1.54) is 0 Å². The molecular weight excluding hydrogens is 232 g/mol. The zero-order valence-electron chi connectivity index (χ0n) is 10.2. The van der Waals surface area contributed by atoms with Gasteiger partial charge in [0.05, 0.1) is 0 Å². The van der Waals surface area contributed by atoms with Crippen molar-refractivity contribution in [2.75, 3.05) is 0 Å². The first-order chi connectivity index (χ1) is 7.42. The average molecular weight is 251 g/mol. The fourth-order valence-electron chi connectivity index (χ4n) is 0.299. The van der Waals surface area contributed by atoms with Gasteiger partial charge in [0.1, 0.15) is 5.60 Å². The highest BCUT2D eigenvalue weighted by atomic mass is 16.6. The monoisotopic (exact) mass is 251 g/mol. The summed E-state index contributed by atoms with van der Waals surface area (Å²) in [5.41, 5.74) is 9.47. The van der Waals surface area contributed by atoms with Crippen LogP contribution >= 0.6 is 0 Å². The van der Waals surface area contributed by atoms with Gasteiger partial charge in [-0.15, -0.1) is 0 Å². The molecule has 0 spiro atoms. The summed E-state index contributed by atoms with van der Waals surface area (Å²) in [6, 6.07) is 0. The molecule has 0 saturated heterocycles. The van der Waals surface area contributed by atoms with Gasteiger partial charge in [-0.25, -0.2) is 4.79 Å². The zero-order chi connectivity index (χ0) is 14.6. The maximum atomic E-state index is 10.2. The van der Waals surface area contributed by atoms with Crippen molar-refractivity contribution in [1.29, 1.82) is 5.41 Å². The van der Waals surface area contributed by atoms with Crippen molar-refractivity contribution in [2.24, 2.45) is 11.5 Å². The summed E-state index contributed by atoms with van der Waals surface area (Å²) in [6.07, 6.45) is -0.942. The van der Waals surface area contributed by atoms with Crippen molar-refractivity contribution in [2.45, 2.75) is 33.3 Å². The Balaban J connectivity index is -0.000000205. The van der Waals surface area contributed by atoms with Crippen molar-refractivity contribution in [3.8, 4) is 0 Å². The molecule has 0 bridgehead atoms. The Morgan fingerprint density at radius 3 is 1.59 bits per heavy atom. The van der Waals surface area contributed by atoms with Gasteiger partial charge in [-0.2, -0.15) is 5.48 Å². The third kappa shape index (κ3) is 81.0. The van der Waals surface area contributed by atoms with Gasteiger partial charge in [-0.3, -0.25) is 10.2 Å². The summed E-state index contributed by atoms with van der Waals surface area (Å²) in [4.78, 5) is 19.2. The number of nitrogens with two attached hydrogens (primary N) is 2. The van der Waals surface area contributed by atoms with Crippen LogP contribution in [0.3, 0.4) is 0 Å². The van der Waals surface area contributed by atoms with Crippen LogP contribution in [0.4, 0.5) is 4.79 Å². The first kappa shape index (κ1) is 20.4. The van der Waals surface area contributed by atoms with Crippen molar-refractivity contribution in [3.05, 3.63) is 0 Å². The second kappa shape index (κ2) is 10.5. The number of hydroxylamine groups is 1. The molecule has 0 fully saturated rings. The molecular formula is C8H19N4O5. The highest BCUT2D eigenvalue weighted by molar-refractivity contribution is 5.71. The topological polar surface area (TPSA) is 171 Å². The van der Waals surface area contributed by atoms with E-state index in [0.29, 0.717) is 0 Å². The molecule has 0 aliphatic rings. The van der Waals surface area contributed by atoms with Gasteiger partial charge < -0.3 is 21.3 Å². The van der Waals surface area contributed by atoms with Gasteiger partial charge >= 0.3 is 6.09 Å². The lowest BCUT2D eigenvalue weighted by Gasteiger charge is -2.17. The Bertz CT molecular complexity index is 229. The molecule has 0 aliphatic heterocycles. The van der Waals surface area contributed by atoms with E-state index in [2.05, 4.69) is 16.2 Å². The van der Waals surface area contributed by atoms with Crippen LogP contribution in [0.2, 0.25) is 0 Å². The molecule has 1 radical (unpaired) electrons. The fraction of sp³-hybridized carbons (Fsp3) is 0.625. The lowest BCUT2D eigenvalue weighted by molar-refractivity contribution is -0.134. The van der Waals surface area contributed by atoms with E-state index in [1.807, 2.05) is 0 Å². The Hall–Kier alpha value is -2.03. The van der Waals surface area contributed by atoms with E-state index >= 15 is 0 Å². The lowest BCUT2D eigenvalue weighted by atomic mass is 10.2. The molecule has 0 heterocycles. The number of hydrogen-bond acceptors (Lipinski definition) is 4. The van der Waals surface area contributed by atoms with Crippen LogP contribution in [-0.2, 0) is 14.7 Å². The maximum absolute atomic E-state index is 10.2. The summed E-state index contributed by atoms with van der Waals surface area (Å²) in [5.74, 6) is -1.17. The van der Waals surface area contributed by atoms with E-state index in [9.17, 15) is 10.0 Å². The second-order valence-electron chi connectivity index (χ2n) is 3.58. The summed E-state index contributed by atoms with van der Waals surface area (Å²) in [6.45, 7) is 6.13. The largest absolute Gasteiger partial charge is 0.481 e. The van der Waals surface area contributed by atoms with Crippen LogP contribution in [0.5, 0.6) is 0 Å². The Morgan fingerprint density at radius 1 is 1.29 bits per heavy atom. The maximum Gasteiger partial charge on any atom is 0.434 e. The lowest BCUT2D eigenvalue weighted by Crippen LogP contribution is -2.29. The SMILES string of the molecule is CC(=O)O.CC(C)(C)OC(=O)N[O].N=C(N)N. The fourth-order valence-corrected chi connectivity index (χ4v) is 0.299. The first-order valence-corrected chi connectivity index (χ1v) is 4.32. The van der Waals surface area contributed by atoms with Gasteiger partial charge in [0.25, 0.3) is 5.97 Å². The van der Waals surface area contributed by atoms with Crippen molar-refractivity contribution in [1.82, 2.24) is 5.48 Å². The van der Waals surface area contributed by atoms with Gasteiger partial charge in [0.15, 0.2) is 5.96 Å². The van der Waals surface area contributed by atoms with Crippen LogP contribution < -0.4 is 16.9 Å². The Morgan fingerprint density at radius 2 is 1.53 bits per heavy atom. The number of carboxylic acid groups (broad SMARTS) is 1. The molecule has 17 heavy (non-hydrogen) atoms. The normalized spacial score (nSPS) is 8.53. The molecule has 0 unspecified atom stereocenters. The summed E-state index contributed by atoms with van der Waals surface area (Å²) in [7, 11) is 0. The van der Waals surface area contributed by atoms with Gasteiger partial charge in [0, 0.05) is 6.92 Å². The number of guanidine groups is 1. The minimum atomic E-state index is -0.942. The zero-order valence-corrected chi connectivity index (χ0v) is 10.2. The molecule has 0 aromatic carbocycles. The van der Waals surface area contributed by atoms with Crippen LogP contribution in [0, 0.1) is 5.41 Å². The van der Waals surface area contributed by atoms with E-state index in [0.717, 1.165) is 12.4 Å². The van der Waals surface area contributed by atoms with E-state index in [1.54, 1.807) is 20.8 Å². The Kier molecular flexibility index (Phi) is 12.6. The van der Waals surface area contributed by atoms with Crippen LogP contribution in [-0.4, -0.2) is 28.7 Å². The predicted octanol–water partition coefficient (Wildman–Crippen LogP) is -0.214. The number of carbonyl (C=O) groups excluding carboxylic acids is 1. The molecule has 1 amide bonds. The van der Waals surface area contributed by atoms with Crippen molar-refractivity contribution >= 4 is 18.0 Å². The minimum absolute atomic E-state index is 0.333.